The van der Waals surface area contributed by atoms with Gasteiger partial charge in [0.25, 0.3) is 0 Å². The van der Waals surface area contributed by atoms with Crippen molar-refractivity contribution in [3.05, 3.63) is 41.1 Å². The minimum atomic E-state index is -0.0805. The molecule has 0 spiro atoms. The Bertz CT molecular complexity index is 933. The first kappa shape index (κ1) is 17.1. The molecule has 1 fully saturated rings. The lowest BCUT2D eigenvalue weighted by Gasteiger charge is -2.14. The van der Waals surface area contributed by atoms with E-state index in [0.717, 1.165) is 43.1 Å². The van der Waals surface area contributed by atoms with Gasteiger partial charge in [0.15, 0.2) is 10.8 Å². The zero-order valence-electron chi connectivity index (χ0n) is 15.0. The summed E-state index contributed by atoms with van der Waals surface area (Å²) in [5.41, 5.74) is 3.20. The summed E-state index contributed by atoms with van der Waals surface area (Å²) in [7, 11) is 0. The predicted molar refractivity (Wildman–Crippen MR) is 101 cm³/mol. The fourth-order valence-corrected chi connectivity index (χ4v) is 4.45. The maximum atomic E-state index is 11.1. The van der Waals surface area contributed by atoms with Crippen molar-refractivity contribution in [3.63, 3.8) is 0 Å². The molecule has 1 aliphatic rings. The Balaban J connectivity index is 1.37. The van der Waals surface area contributed by atoms with Crippen molar-refractivity contribution < 1.29 is 4.79 Å². The van der Waals surface area contributed by atoms with Gasteiger partial charge in [-0.25, -0.2) is 9.97 Å². The van der Waals surface area contributed by atoms with Crippen LogP contribution >= 0.6 is 11.3 Å². The number of aryl methyl sites for hydroxylation is 1. The average Bonchev–Trinajstić information content (AvgIpc) is 3.30. The van der Waals surface area contributed by atoms with Crippen molar-refractivity contribution in [1.29, 1.82) is 0 Å². The van der Waals surface area contributed by atoms with Crippen LogP contribution in [0.4, 0.5) is 5.13 Å². The first-order valence-electron chi connectivity index (χ1n) is 8.80. The lowest BCUT2D eigenvalue weighted by atomic mass is 10.0. The minimum Gasteiger partial charge on any atom is -0.302 e. The normalized spacial score (nSPS) is 17.8. The van der Waals surface area contributed by atoms with Crippen LogP contribution in [0.25, 0.3) is 5.65 Å². The molecular weight excluding hydrogens is 348 g/mol. The van der Waals surface area contributed by atoms with E-state index in [2.05, 4.69) is 36.5 Å². The summed E-state index contributed by atoms with van der Waals surface area (Å²) in [6.07, 6.45) is 9.72. The van der Waals surface area contributed by atoms with E-state index >= 15 is 0 Å². The Labute approximate surface area is 156 Å². The summed E-state index contributed by atoms with van der Waals surface area (Å²) in [6, 6.07) is 0. The summed E-state index contributed by atoms with van der Waals surface area (Å²) in [5.74, 6) is 0.511. The number of hydrogen-bond acceptors (Lipinski definition) is 6. The number of nitrogens with one attached hydrogen (secondary N) is 1. The maximum absolute atomic E-state index is 11.1. The van der Waals surface area contributed by atoms with Crippen molar-refractivity contribution in [2.45, 2.75) is 33.2 Å². The molecule has 0 saturated carbocycles. The lowest BCUT2D eigenvalue weighted by molar-refractivity contribution is -0.114. The molecule has 1 amide bonds. The molecule has 8 heteroatoms. The highest BCUT2D eigenvalue weighted by molar-refractivity contribution is 7.15. The van der Waals surface area contributed by atoms with E-state index in [9.17, 15) is 4.79 Å². The minimum absolute atomic E-state index is 0.0805. The van der Waals surface area contributed by atoms with Gasteiger partial charge in [0.2, 0.25) is 5.91 Å². The van der Waals surface area contributed by atoms with Crippen LogP contribution in [0, 0.1) is 12.8 Å². The summed E-state index contributed by atoms with van der Waals surface area (Å²) in [5, 5.41) is 3.42. The third kappa shape index (κ3) is 3.61. The number of hydrogen-bond donors (Lipinski definition) is 1. The molecule has 4 rings (SSSR count). The fraction of sp³-hybridized carbons (Fsp3) is 0.444. The molecule has 26 heavy (non-hydrogen) atoms. The fourth-order valence-electron chi connectivity index (χ4n) is 3.55. The van der Waals surface area contributed by atoms with E-state index in [-0.39, 0.29) is 5.91 Å². The smallest absolute Gasteiger partial charge is 0.223 e. The molecule has 1 aliphatic heterocycles. The number of nitrogens with zero attached hydrogens (tertiary/aromatic N) is 5. The Kier molecular flexibility index (Phi) is 4.69. The molecule has 3 aromatic heterocycles. The van der Waals surface area contributed by atoms with Crippen LogP contribution in [0.5, 0.6) is 0 Å². The highest BCUT2D eigenvalue weighted by Crippen LogP contribution is 2.26. The second kappa shape index (κ2) is 7.13. The molecule has 0 unspecified atom stereocenters. The van der Waals surface area contributed by atoms with E-state index in [4.69, 9.17) is 0 Å². The molecule has 3 aromatic rings. The van der Waals surface area contributed by atoms with Crippen molar-refractivity contribution in [1.82, 2.24) is 24.3 Å². The Morgan fingerprint density at radius 1 is 1.35 bits per heavy atom. The zero-order valence-corrected chi connectivity index (χ0v) is 15.8. The molecule has 1 saturated heterocycles. The summed E-state index contributed by atoms with van der Waals surface area (Å²) < 4.78 is 2.11. The van der Waals surface area contributed by atoms with Crippen LogP contribution in [-0.4, -0.2) is 43.2 Å². The Morgan fingerprint density at radius 3 is 3.08 bits per heavy atom. The summed E-state index contributed by atoms with van der Waals surface area (Å²) in [4.78, 5) is 28.1. The third-order valence-corrected chi connectivity index (χ3v) is 5.65. The highest BCUT2D eigenvalue weighted by atomic mass is 32.1. The Morgan fingerprint density at radius 2 is 2.23 bits per heavy atom. The van der Waals surface area contributed by atoms with Crippen molar-refractivity contribution >= 4 is 28.0 Å². The second-order valence-electron chi connectivity index (χ2n) is 6.87. The zero-order chi connectivity index (χ0) is 18.1. The highest BCUT2D eigenvalue weighted by Gasteiger charge is 2.24. The number of aromatic nitrogens is 4. The summed E-state index contributed by atoms with van der Waals surface area (Å²) >= 11 is 1.55. The van der Waals surface area contributed by atoms with Gasteiger partial charge in [0, 0.05) is 55.4 Å². The molecular formula is C18H22N6OS. The van der Waals surface area contributed by atoms with Gasteiger partial charge in [0.05, 0.1) is 5.69 Å². The number of carbonyl (C=O) groups is 1. The molecule has 7 nitrogen and oxygen atoms in total. The van der Waals surface area contributed by atoms with E-state index < -0.39 is 0 Å². The topological polar surface area (TPSA) is 75.4 Å². The van der Waals surface area contributed by atoms with Crippen molar-refractivity contribution in [3.8, 4) is 0 Å². The molecule has 4 heterocycles. The van der Waals surface area contributed by atoms with Gasteiger partial charge >= 0.3 is 0 Å². The van der Waals surface area contributed by atoms with Gasteiger partial charge < -0.3 is 9.72 Å². The average molecular weight is 370 g/mol. The molecule has 0 aliphatic carbocycles. The van der Waals surface area contributed by atoms with E-state index in [1.54, 1.807) is 11.3 Å². The second-order valence-corrected chi connectivity index (χ2v) is 7.99. The van der Waals surface area contributed by atoms with Crippen LogP contribution in [0.1, 0.15) is 29.6 Å². The van der Waals surface area contributed by atoms with Gasteiger partial charge in [0.1, 0.15) is 0 Å². The first-order valence-corrected chi connectivity index (χ1v) is 9.62. The van der Waals surface area contributed by atoms with Crippen molar-refractivity contribution in [2.24, 2.45) is 5.92 Å². The number of likely N-dealkylation sites (tertiary alicyclic amines) is 1. The van der Waals surface area contributed by atoms with Crippen LogP contribution in [0.2, 0.25) is 0 Å². The monoisotopic (exact) mass is 370 g/mol. The van der Waals surface area contributed by atoms with Gasteiger partial charge in [-0.15, -0.1) is 11.3 Å². The van der Waals surface area contributed by atoms with Crippen LogP contribution in [0.3, 0.4) is 0 Å². The molecule has 0 aromatic carbocycles. The van der Waals surface area contributed by atoms with Crippen LogP contribution in [0.15, 0.2) is 24.8 Å². The molecule has 136 valence electrons. The van der Waals surface area contributed by atoms with Gasteiger partial charge in [-0.05, 0) is 32.2 Å². The number of thiazole rings is 1. The van der Waals surface area contributed by atoms with E-state index in [1.807, 2.05) is 24.8 Å². The van der Waals surface area contributed by atoms with Crippen molar-refractivity contribution in [2.75, 3.05) is 18.4 Å². The number of imidazole rings is 1. The molecule has 1 atom stereocenters. The Hall–Kier alpha value is -2.32. The number of rotatable bonds is 5. The number of anilines is 1. The molecule has 0 bridgehead atoms. The lowest BCUT2D eigenvalue weighted by Crippen LogP contribution is -2.20. The van der Waals surface area contributed by atoms with Crippen LogP contribution < -0.4 is 5.32 Å². The van der Waals surface area contributed by atoms with Gasteiger partial charge in [-0.2, -0.15) is 0 Å². The summed E-state index contributed by atoms with van der Waals surface area (Å²) in [6.45, 7) is 6.58. The van der Waals surface area contributed by atoms with Gasteiger partial charge in [-0.3, -0.25) is 14.7 Å². The SMILES string of the molecule is CC(=O)Nc1ncc(CN2CC[C@H](Cc3nccn4c(C)cnc34)C2)s1. The number of fused-ring (bicyclic) bond motifs is 1. The van der Waals surface area contributed by atoms with Gasteiger partial charge in [-0.1, -0.05) is 0 Å². The predicted octanol–water partition coefficient (Wildman–Crippen LogP) is 2.52. The van der Waals surface area contributed by atoms with Crippen LogP contribution in [-0.2, 0) is 17.8 Å². The molecule has 1 N–H and O–H groups in total. The largest absolute Gasteiger partial charge is 0.302 e. The first-order chi connectivity index (χ1) is 12.6. The molecule has 0 radical (unpaired) electrons. The quantitative estimate of drug-likeness (QED) is 0.747. The number of amides is 1. The van der Waals surface area contributed by atoms with E-state index in [0.29, 0.717) is 11.0 Å². The standard InChI is InChI=1S/C18H22N6OS/c1-12-8-20-17-16(19-4-6-24(12)17)7-14-3-5-23(10-14)11-15-9-21-18(26-15)22-13(2)25/h4,6,8-9,14H,3,5,7,10-11H2,1-2H3,(H,21,22,25)/t14-/m1/s1. The number of carbonyl (C=O) groups excluding carboxylic acids is 1. The third-order valence-electron chi connectivity index (χ3n) is 4.75. The van der Waals surface area contributed by atoms with E-state index in [1.165, 1.54) is 18.2 Å². The maximum Gasteiger partial charge on any atom is 0.223 e.